The van der Waals surface area contributed by atoms with E-state index in [2.05, 4.69) is 34.8 Å². The molecule has 0 aliphatic rings. The average Bonchev–Trinajstić information content (AvgIpc) is 3.00. The maximum atomic E-state index is 12.1. The molecule has 0 saturated heterocycles. The van der Waals surface area contributed by atoms with Crippen molar-refractivity contribution in [2.45, 2.75) is 32.4 Å². The largest absolute Gasteiger partial charge is 0.378 e. The van der Waals surface area contributed by atoms with Crippen LogP contribution in [0.1, 0.15) is 37.4 Å². The van der Waals surface area contributed by atoms with Crippen LogP contribution in [-0.4, -0.2) is 27.1 Å². The number of benzene rings is 2. The Morgan fingerprint density at radius 2 is 1.80 bits per heavy atom. The Bertz CT molecular complexity index is 856. The molecular formula is C20H23N3O2. The normalized spacial score (nSPS) is 12.5. The number of carbonyl (C=O) groups excluding carboxylic acids is 1. The van der Waals surface area contributed by atoms with E-state index in [0.29, 0.717) is 18.5 Å². The lowest BCUT2D eigenvalue weighted by Gasteiger charge is -2.14. The van der Waals surface area contributed by atoms with Gasteiger partial charge in [-0.05, 0) is 31.5 Å². The van der Waals surface area contributed by atoms with Gasteiger partial charge in [-0.2, -0.15) is 0 Å². The molecule has 1 unspecified atom stereocenters. The highest BCUT2D eigenvalue weighted by atomic mass is 16.3. The number of nitrogens with zero attached hydrogens (tertiary/aromatic N) is 2. The van der Waals surface area contributed by atoms with Gasteiger partial charge in [-0.3, -0.25) is 4.79 Å². The van der Waals surface area contributed by atoms with Crippen molar-refractivity contribution in [1.29, 1.82) is 0 Å². The summed E-state index contributed by atoms with van der Waals surface area (Å²) in [6.45, 7) is 4.67. The minimum atomic E-state index is -1.15. The van der Waals surface area contributed by atoms with Crippen molar-refractivity contribution in [3.8, 4) is 0 Å². The van der Waals surface area contributed by atoms with Crippen molar-refractivity contribution >= 4 is 16.9 Å². The van der Waals surface area contributed by atoms with Gasteiger partial charge in [0.25, 0.3) is 5.91 Å². The number of fused-ring (bicyclic) bond motifs is 1. The van der Waals surface area contributed by atoms with E-state index in [1.165, 1.54) is 0 Å². The zero-order chi connectivity index (χ0) is 17.8. The fourth-order valence-corrected chi connectivity index (χ4v) is 3.03. The second-order valence-corrected chi connectivity index (χ2v) is 6.33. The van der Waals surface area contributed by atoms with Gasteiger partial charge >= 0.3 is 0 Å². The van der Waals surface area contributed by atoms with E-state index < -0.39 is 12.0 Å². The Morgan fingerprint density at radius 1 is 1.12 bits per heavy atom. The number of hydrogen-bond donors (Lipinski definition) is 2. The lowest BCUT2D eigenvalue weighted by Crippen LogP contribution is -2.31. The molecule has 0 aliphatic carbocycles. The van der Waals surface area contributed by atoms with E-state index in [0.717, 1.165) is 16.9 Å². The monoisotopic (exact) mass is 337 g/mol. The summed E-state index contributed by atoms with van der Waals surface area (Å²) in [6, 6.07) is 17.3. The van der Waals surface area contributed by atoms with Crippen LogP contribution in [-0.2, 0) is 11.2 Å². The first kappa shape index (κ1) is 17.2. The molecule has 1 amide bonds. The molecule has 0 fully saturated rings. The highest BCUT2D eigenvalue weighted by molar-refractivity contribution is 5.82. The summed E-state index contributed by atoms with van der Waals surface area (Å²) in [5.74, 6) is 0.545. The second-order valence-electron chi connectivity index (χ2n) is 6.33. The van der Waals surface area contributed by atoms with Gasteiger partial charge in [0.2, 0.25) is 0 Å². The van der Waals surface area contributed by atoms with Crippen molar-refractivity contribution < 1.29 is 9.90 Å². The fraction of sp³-hybridized carbons (Fsp3) is 0.300. The quantitative estimate of drug-likeness (QED) is 0.726. The first-order chi connectivity index (χ1) is 12.1. The molecule has 1 atom stereocenters. The molecule has 2 aromatic carbocycles. The van der Waals surface area contributed by atoms with Crippen LogP contribution in [0, 0.1) is 0 Å². The van der Waals surface area contributed by atoms with E-state index in [1.807, 2.05) is 24.3 Å². The molecule has 5 nitrogen and oxygen atoms in total. The molecule has 5 heteroatoms. The third-order valence-corrected chi connectivity index (χ3v) is 4.20. The third-order valence-electron chi connectivity index (χ3n) is 4.20. The first-order valence-corrected chi connectivity index (χ1v) is 8.54. The van der Waals surface area contributed by atoms with Crippen molar-refractivity contribution in [1.82, 2.24) is 14.9 Å². The Hall–Kier alpha value is -2.66. The molecule has 1 heterocycles. The summed E-state index contributed by atoms with van der Waals surface area (Å²) >= 11 is 0. The van der Waals surface area contributed by atoms with Gasteiger partial charge < -0.3 is 15.0 Å². The molecule has 0 radical (unpaired) electrons. The Labute approximate surface area is 147 Å². The van der Waals surface area contributed by atoms with Crippen LogP contribution in [0.15, 0.2) is 54.6 Å². The minimum absolute atomic E-state index is 0.285. The molecular weight excluding hydrogens is 314 g/mol. The molecule has 0 spiro atoms. The fourth-order valence-electron chi connectivity index (χ4n) is 3.03. The summed E-state index contributed by atoms with van der Waals surface area (Å²) < 4.78 is 2.19. The van der Waals surface area contributed by atoms with Crippen molar-refractivity contribution in [3.05, 3.63) is 66.0 Å². The van der Waals surface area contributed by atoms with E-state index in [-0.39, 0.29) is 6.04 Å². The molecule has 3 aromatic rings. The maximum absolute atomic E-state index is 12.1. The number of nitrogens with one attached hydrogen (secondary N) is 1. The smallest absolute Gasteiger partial charge is 0.253 e. The molecule has 130 valence electrons. The number of imidazole rings is 1. The van der Waals surface area contributed by atoms with Crippen LogP contribution >= 0.6 is 0 Å². The van der Waals surface area contributed by atoms with E-state index in [1.54, 1.807) is 24.3 Å². The van der Waals surface area contributed by atoms with Crippen molar-refractivity contribution in [3.63, 3.8) is 0 Å². The Balaban J connectivity index is 1.67. The molecule has 25 heavy (non-hydrogen) atoms. The van der Waals surface area contributed by atoms with Crippen LogP contribution in [0.4, 0.5) is 0 Å². The molecule has 1 aromatic heterocycles. The number of amides is 1. The zero-order valence-electron chi connectivity index (χ0n) is 14.5. The first-order valence-electron chi connectivity index (χ1n) is 8.54. The van der Waals surface area contributed by atoms with Gasteiger partial charge in [0, 0.05) is 19.0 Å². The van der Waals surface area contributed by atoms with E-state index in [4.69, 9.17) is 0 Å². The predicted octanol–water partition coefficient (Wildman–Crippen LogP) is 3.01. The summed E-state index contributed by atoms with van der Waals surface area (Å²) in [5.41, 5.74) is 2.65. The molecule has 0 bridgehead atoms. The number of carbonyl (C=O) groups is 1. The summed E-state index contributed by atoms with van der Waals surface area (Å²) in [6.07, 6.45) is -0.537. The molecule has 3 rings (SSSR count). The number of aliphatic hydroxyl groups is 1. The topological polar surface area (TPSA) is 67.2 Å². The highest BCUT2D eigenvalue weighted by Crippen LogP contribution is 2.21. The highest BCUT2D eigenvalue weighted by Gasteiger charge is 2.17. The molecule has 0 saturated carbocycles. The van der Waals surface area contributed by atoms with E-state index >= 15 is 0 Å². The number of aliphatic hydroxyl groups excluding tert-OH is 1. The van der Waals surface area contributed by atoms with Gasteiger partial charge in [0.1, 0.15) is 5.82 Å². The number of aromatic nitrogens is 2. The lowest BCUT2D eigenvalue weighted by atomic mass is 10.1. The van der Waals surface area contributed by atoms with Gasteiger partial charge in [-0.15, -0.1) is 0 Å². The van der Waals surface area contributed by atoms with Gasteiger partial charge in [-0.25, -0.2) is 4.98 Å². The minimum Gasteiger partial charge on any atom is -0.378 e. The zero-order valence-corrected chi connectivity index (χ0v) is 14.5. The Morgan fingerprint density at radius 3 is 2.52 bits per heavy atom. The third kappa shape index (κ3) is 3.72. The predicted molar refractivity (Wildman–Crippen MR) is 98.2 cm³/mol. The molecule has 2 N–H and O–H groups in total. The second kappa shape index (κ2) is 7.49. The van der Waals surface area contributed by atoms with Crippen LogP contribution in [0.2, 0.25) is 0 Å². The SMILES string of the molecule is CC(C)n1c(CCNC(=O)C(O)c2ccccc2)nc2ccccc21. The van der Waals surface area contributed by atoms with Gasteiger partial charge in [-0.1, -0.05) is 42.5 Å². The van der Waals surface area contributed by atoms with Gasteiger partial charge in [0.05, 0.1) is 11.0 Å². The van der Waals surface area contributed by atoms with E-state index in [9.17, 15) is 9.90 Å². The number of para-hydroxylation sites is 2. The summed E-state index contributed by atoms with van der Waals surface area (Å²) in [7, 11) is 0. The Kier molecular flexibility index (Phi) is 5.14. The number of hydrogen-bond acceptors (Lipinski definition) is 3. The standard InChI is InChI=1S/C20H23N3O2/c1-14(2)23-17-11-7-6-10-16(17)22-18(23)12-13-21-20(25)19(24)15-8-4-3-5-9-15/h3-11,14,19,24H,12-13H2,1-2H3,(H,21,25). The molecule has 0 aliphatic heterocycles. The van der Waals surface area contributed by atoms with Gasteiger partial charge in [0.15, 0.2) is 6.10 Å². The van der Waals surface area contributed by atoms with Crippen LogP contribution in [0.3, 0.4) is 0 Å². The summed E-state index contributed by atoms with van der Waals surface area (Å²) in [4.78, 5) is 16.8. The van der Waals surface area contributed by atoms with Crippen molar-refractivity contribution in [2.24, 2.45) is 0 Å². The summed E-state index contributed by atoms with van der Waals surface area (Å²) in [5, 5.41) is 12.9. The maximum Gasteiger partial charge on any atom is 0.253 e. The lowest BCUT2D eigenvalue weighted by molar-refractivity contribution is -0.129. The van der Waals surface area contributed by atoms with Crippen molar-refractivity contribution in [2.75, 3.05) is 6.54 Å². The van der Waals surface area contributed by atoms with Crippen LogP contribution in [0.5, 0.6) is 0 Å². The van der Waals surface area contributed by atoms with Crippen LogP contribution in [0.25, 0.3) is 11.0 Å². The van der Waals surface area contributed by atoms with Crippen LogP contribution < -0.4 is 5.32 Å². The number of rotatable bonds is 6. The average molecular weight is 337 g/mol.